The Hall–Kier alpha value is -1.60. The van der Waals surface area contributed by atoms with Crippen molar-refractivity contribution in [3.63, 3.8) is 0 Å². The highest BCUT2D eigenvalue weighted by Gasteiger charge is 2.11. The first-order chi connectivity index (χ1) is 6.19. The smallest absolute Gasteiger partial charge is 0.257 e. The SMILES string of the molecule is COc1nc(C#N)ccc1C(=O)Cl. The molecule has 0 atom stereocenters. The molecule has 66 valence electrons. The van der Waals surface area contributed by atoms with Gasteiger partial charge in [0.25, 0.3) is 5.24 Å². The van der Waals surface area contributed by atoms with Crippen LogP contribution in [0.1, 0.15) is 16.1 Å². The van der Waals surface area contributed by atoms with Gasteiger partial charge < -0.3 is 4.74 Å². The van der Waals surface area contributed by atoms with Gasteiger partial charge in [-0.15, -0.1) is 0 Å². The Kier molecular flexibility index (Phi) is 2.83. The van der Waals surface area contributed by atoms with Crippen LogP contribution in [0.5, 0.6) is 5.88 Å². The van der Waals surface area contributed by atoms with Crippen LogP contribution in [0.2, 0.25) is 0 Å². The maximum absolute atomic E-state index is 10.8. The van der Waals surface area contributed by atoms with E-state index in [0.29, 0.717) is 0 Å². The number of nitrogens with zero attached hydrogens (tertiary/aromatic N) is 2. The number of methoxy groups -OCH3 is 1. The third-order valence-corrected chi connectivity index (χ3v) is 1.58. The second-order valence-electron chi connectivity index (χ2n) is 2.14. The first kappa shape index (κ1) is 9.49. The predicted molar refractivity (Wildman–Crippen MR) is 45.7 cm³/mol. The monoisotopic (exact) mass is 196 g/mol. The Morgan fingerprint density at radius 1 is 1.69 bits per heavy atom. The van der Waals surface area contributed by atoms with E-state index in [9.17, 15) is 4.79 Å². The van der Waals surface area contributed by atoms with Crippen LogP contribution in [0.4, 0.5) is 0 Å². The maximum atomic E-state index is 10.8. The van der Waals surface area contributed by atoms with Crippen molar-refractivity contribution >= 4 is 16.8 Å². The van der Waals surface area contributed by atoms with Crippen LogP contribution in [-0.2, 0) is 0 Å². The van der Waals surface area contributed by atoms with E-state index in [0.717, 1.165) is 0 Å². The van der Waals surface area contributed by atoms with Crippen LogP contribution in [-0.4, -0.2) is 17.3 Å². The van der Waals surface area contributed by atoms with E-state index in [-0.39, 0.29) is 17.1 Å². The van der Waals surface area contributed by atoms with Crippen LogP contribution >= 0.6 is 11.6 Å². The van der Waals surface area contributed by atoms with Crippen molar-refractivity contribution in [1.29, 1.82) is 5.26 Å². The molecule has 0 saturated heterocycles. The summed E-state index contributed by atoms with van der Waals surface area (Å²) in [6.07, 6.45) is 0. The fourth-order valence-electron chi connectivity index (χ4n) is 0.808. The number of ether oxygens (including phenoxy) is 1. The Balaban J connectivity index is 3.25. The van der Waals surface area contributed by atoms with Crippen molar-refractivity contribution in [2.24, 2.45) is 0 Å². The van der Waals surface area contributed by atoms with E-state index in [2.05, 4.69) is 4.98 Å². The van der Waals surface area contributed by atoms with Crippen LogP contribution in [0, 0.1) is 11.3 Å². The van der Waals surface area contributed by atoms with E-state index in [1.807, 2.05) is 6.07 Å². The lowest BCUT2D eigenvalue weighted by molar-refractivity contribution is 0.107. The molecule has 4 nitrogen and oxygen atoms in total. The minimum atomic E-state index is -0.658. The molecule has 0 amide bonds. The standard InChI is InChI=1S/C8H5ClN2O2/c1-13-8-6(7(9)12)3-2-5(4-10)11-8/h2-3H,1H3. The number of hydrogen-bond acceptors (Lipinski definition) is 4. The molecule has 0 aliphatic carbocycles. The van der Waals surface area contributed by atoms with E-state index in [4.69, 9.17) is 21.6 Å². The Morgan fingerprint density at radius 3 is 2.85 bits per heavy atom. The third-order valence-electron chi connectivity index (χ3n) is 1.38. The van der Waals surface area contributed by atoms with Gasteiger partial charge in [0.05, 0.1) is 12.7 Å². The summed E-state index contributed by atoms with van der Waals surface area (Å²) in [6.45, 7) is 0. The van der Waals surface area contributed by atoms with Crippen LogP contribution in [0.15, 0.2) is 12.1 Å². The van der Waals surface area contributed by atoms with Gasteiger partial charge in [-0.05, 0) is 23.7 Å². The fraction of sp³-hybridized carbons (Fsp3) is 0.125. The molecule has 1 aromatic rings. The van der Waals surface area contributed by atoms with Gasteiger partial charge in [-0.25, -0.2) is 4.98 Å². The molecule has 13 heavy (non-hydrogen) atoms. The third kappa shape index (κ3) is 1.95. The number of halogens is 1. The Bertz CT molecular complexity index is 384. The highest BCUT2D eigenvalue weighted by molar-refractivity contribution is 6.68. The van der Waals surface area contributed by atoms with Crippen molar-refractivity contribution in [2.45, 2.75) is 0 Å². The molecule has 5 heteroatoms. The van der Waals surface area contributed by atoms with E-state index >= 15 is 0 Å². The zero-order chi connectivity index (χ0) is 9.84. The van der Waals surface area contributed by atoms with Crippen LogP contribution in [0.3, 0.4) is 0 Å². The highest BCUT2D eigenvalue weighted by atomic mass is 35.5. The van der Waals surface area contributed by atoms with Crippen molar-refractivity contribution in [3.05, 3.63) is 23.4 Å². The minimum Gasteiger partial charge on any atom is -0.480 e. The van der Waals surface area contributed by atoms with Gasteiger partial charge >= 0.3 is 0 Å². The first-order valence-electron chi connectivity index (χ1n) is 3.34. The maximum Gasteiger partial charge on any atom is 0.257 e. The van der Waals surface area contributed by atoms with Gasteiger partial charge in [0, 0.05) is 0 Å². The molecule has 0 aliphatic heterocycles. The summed E-state index contributed by atoms with van der Waals surface area (Å²) in [5, 5.41) is 7.84. The quantitative estimate of drug-likeness (QED) is 0.670. The molecule has 0 spiro atoms. The summed E-state index contributed by atoms with van der Waals surface area (Å²) < 4.78 is 4.78. The molecular weight excluding hydrogens is 192 g/mol. The average molecular weight is 197 g/mol. The summed E-state index contributed by atoms with van der Waals surface area (Å²) >= 11 is 5.24. The number of nitriles is 1. The Morgan fingerprint density at radius 2 is 2.38 bits per heavy atom. The van der Waals surface area contributed by atoms with Gasteiger partial charge in [-0.1, -0.05) is 0 Å². The summed E-state index contributed by atoms with van der Waals surface area (Å²) in [4.78, 5) is 14.5. The van der Waals surface area contributed by atoms with E-state index in [1.54, 1.807) is 0 Å². The molecule has 0 bridgehead atoms. The van der Waals surface area contributed by atoms with E-state index < -0.39 is 5.24 Å². The molecule has 0 aliphatic rings. The van der Waals surface area contributed by atoms with Gasteiger partial charge in [-0.3, -0.25) is 4.79 Å². The van der Waals surface area contributed by atoms with Crippen molar-refractivity contribution in [1.82, 2.24) is 4.98 Å². The topological polar surface area (TPSA) is 63.0 Å². The van der Waals surface area contributed by atoms with Gasteiger partial charge in [0.15, 0.2) is 0 Å². The van der Waals surface area contributed by atoms with Crippen molar-refractivity contribution in [3.8, 4) is 11.9 Å². The molecule has 0 N–H and O–H groups in total. The van der Waals surface area contributed by atoms with Gasteiger partial charge in [0.2, 0.25) is 5.88 Å². The molecule has 0 fully saturated rings. The molecule has 1 heterocycles. The summed E-state index contributed by atoms with van der Waals surface area (Å²) in [5.41, 5.74) is 0.335. The lowest BCUT2D eigenvalue weighted by Crippen LogP contribution is -1.99. The molecule has 0 aromatic carbocycles. The molecule has 0 saturated carbocycles. The number of carbonyl (C=O) groups excluding carboxylic acids is 1. The predicted octanol–water partition coefficient (Wildman–Crippen LogP) is 1.34. The summed E-state index contributed by atoms with van der Waals surface area (Å²) in [7, 11) is 1.35. The molecule has 0 radical (unpaired) electrons. The molecule has 1 rings (SSSR count). The zero-order valence-corrected chi connectivity index (χ0v) is 7.50. The molecule has 1 aromatic heterocycles. The van der Waals surface area contributed by atoms with Crippen LogP contribution in [0.25, 0.3) is 0 Å². The molecule has 0 unspecified atom stereocenters. The van der Waals surface area contributed by atoms with Gasteiger partial charge in [-0.2, -0.15) is 5.26 Å². The molecular formula is C8H5ClN2O2. The second-order valence-corrected chi connectivity index (χ2v) is 2.48. The van der Waals surface area contributed by atoms with Crippen molar-refractivity contribution in [2.75, 3.05) is 7.11 Å². The lowest BCUT2D eigenvalue weighted by Gasteiger charge is -2.02. The second kappa shape index (κ2) is 3.87. The average Bonchev–Trinajstić information content (AvgIpc) is 2.16. The number of aromatic nitrogens is 1. The first-order valence-corrected chi connectivity index (χ1v) is 3.71. The number of hydrogen-bond donors (Lipinski definition) is 0. The van der Waals surface area contributed by atoms with Gasteiger partial charge in [0.1, 0.15) is 11.8 Å². The number of carbonyl (C=O) groups is 1. The van der Waals surface area contributed by atoms with Crippen LogP contribution < -0.4 is 4.74 Å². The number of rotatable bonds is 2. The highest BCUT2D eigenvalue weighted by Crippen LogP contribution is 2.17. The summed E-state index contributed by atoms with van der Waals surface area (Å²) in [6, 6.07) is 4.63. The number of pyridine rings is 1. The summed E-state index contributed by atoms with van der Waals surface area (Å²) in [5.74, 6) is 0.0686. The fourth-order valence-corrected chi connectivity index (χ4v) is 0.952. The lowest BCUT2D eigenvalue weighted by atomic mass is 10.2. The minimum absolute atomic E-state index is 0.0686. The zero-order valence-electron chi connectivity index (χ0n) is 6.74. The largest absolute Gasteiger partial charge is 0.480 e. The van der Waals surface area contributed by atoms with E-state index in [1.165, 1.54) is 19.2 Å². The van der Waals surface area contributed by atoms with Crippen molar-refractivity contribution < 1.29 is 9.53 Å². The normalized spacial score (nSPS) is 9.00. The Labute approximate surface area is 79.7 Å².